The van der Waals surface area contributed by atoms with E-state index < -0.39 is 6.10 Å². The van der Waals surface area contributed by atoms with Crippen LogP contribution in [-0.2, 0) is 9.53 Å². The molecule has 1 aromatic carbocycles. The molecule has 2 rings (SSSR count). The molecule has 1 amide bonds. The second kappa shape index (κ2) is 7.78. The average molecular weight is 312 g/mol. The van der Waals surface area contributed by atoms with Gasteiger partial charge in [0.05, 0.1) is 18.2 Å². The van der Waals surface area contributed by atoms with Gasteiger partial charge in [-0.1, -0.05) is 23.7 Å². The van der Waals surface area contributed by atoms with E-state index in [0.29, 0.717) is 11.4 Å². The summed E-state index contributed by atoms with van der Waals surface area (Å²) >= 11 is 5.82. The van der Waals surface area contributed by atoms with Crippen LogP contribution in [0.3, 0.4) is 0 Å². The molecule has 0 bridgehead atoms. The van der Waals surface area contributed by atoms with Crippen molar-refractivity contribution in [3.05, 3.63) is 34.9 Å². The van der Waals surface area contributed by atoms with E-state index in [1.165, 1.54) is 0 Å². The van der Waals surface area contributed by atoms with Crippen LogP contribution in [0.15, 0.2) is 24.3 Å². The van der Waals surface area contributed by atoms with E-state index >= 15 is 0 Å². The van der Waals surface area contributed by atoms with Gasteiger partial charge in [0.15, 0.2) is 0 Å². The maximum atomic E-state index is 11.9. The van der Waals surface area contributed by atoms with Gasteiger partial charge in [-0.25, -0.2) is 0 Å². The van der Waals surface area contributed by atoms with Gasteiger partial charge in [0.2, 0.25) is 5.91 Å². The molecule has 1 fully saturated rings. The number of hydrogen-bond donors (Lipinski definition) is 2. The Bertz CT molecular complexity index is 457. The molecule has 1 aliphatic heterocycles. The Balaban J connectivity index is 1.77. The Hall–Kier alpha value is -1.10. The summed E-state index contributed by atoms with van der Waals surface area (Å²) in [6.45, 7) is 2.60. The fourth-order valence-corrected chi connectivity index (χ4v) is 2.64. The van der Waals surface area contributed by atoms with Gasteiger partial charge in [-0.15, -0.1) is 0 Å². The van der Waals surface area contributed by atoms with Crippen LogP contribution >= 0.6 is 11.6 Å². The second-order valence-electron chi connectivity index (χ2n) is 5.53. The molecule has 1 aromatic rings. The molecule has 116 valence electrons. The number of ether oxygens (including phenoxy) is 1. The van der Waals surface area contributed by atoms with Crippen molar-refractivity contribution >= 4 is 17.5 Å². The van der Waals surface area contributed by atoms with E-state index in [4.69, 9.17) is 16.3 Å². The number of benzene rings is 1. The lowest BCUT2D eigenvalue weighted by Crippen LogP contribution is -2.37. The van der Waals surface area contributed by atoms with Gasteiger partial charge in [-0.2, -0.15) is 0 Å². The van der Waals surface area contributed by atoms with Crippen LogP contribution in [0.4, 0.5) is 0 Å². The molecule has 3 unspecified atom stereocenters. The predicted octanol–water partition coefficient (Wildman–Crippen LogP) is 2.84. The fourth-order valence-electron chi connectivity index (χ4n) is 2.52. The first-order valence-electron chi connectivity index (χ1n) is 7.41. The number of aliphatic hydroxyl groups is 1. The topological polar surface area (TPSA) is 58.6 Å². The molecule has 0 aliphatic carbocycles. The van der Waals surface area contributed by atoms with Crippen molar-refractivity contribution in [2.24, 2.45) is 0 Å². The number of nitrogens with one attached hydrogen (secondary N) is 1. The molecule has 0 saturated carbocycles. The van der Waals surface area contributed by atoms with Crippen molar-refractivity contribution in [2.75, 3.05) is 6.61 Å². The predicted molar refractivity (Wildman–Crippen MR) is 82.2 cm³/mol. The van der Waals surface area contributed by atoms with Gasteiger partial charge < -0.3 is 15.2 Å². The number of amides is 1. The molecule has 2 N–H and O–H groups in total. The summed E-state index contributed by atoms with van der Waals surface area (Å²) in [5.41, 5.74) is 0.742. The summed E-state index contributed by atoms with van der Waals surface area (Å²) in [5, 5.41) is 13.7. The molecule has 3 atom stereocenters. The zero-order valence-corrected chi connectivity index (χ0v) is 13.0. The first-order valence-corrected chi connectivity index (χ1v) is 7.78. The van der Waals surface area contributed by atoms with E-state index in [2.05, 4.69) is 5.32 Å². The molecule has 0 aromatic heterocycles. The quantitative estimate of drug-likeness (QED) is 0.849. The van der Waals surface area contributed by atoms with Gasteiger partial charge in [-0.3, -0.25) is 4.79 Å². The van der Waals surface area contributed by atoms with E-state index in [9.17, 15) is 9.90 Å². The van der Waals surface area contributed by atoms with E-state index in [1.807, 2.05) is 0 Å². The molecule has 1 aliphatic rings. The van der Waals surface area contributed by atoms with Gasteiger partial charge in [-0.05, 0) is 43.9 Å². The van der Waals surface area contributed by atoms with Gasteiger partial charge in [0.25, 0.3) is 0 Å². The minimum Gasteiger partial charge on any atom is -0.386 e. The summed E-state index contributed by atoms with van der Waals surface area (Å²) in [5.74, 6) is -0.0500. The highest BCUT2D eigenvalue weighted by Gasteiger charge is 2.20. The van der Waals surface area contributed by atoms with Crippen LogP contribution in [-0.4, -0.2) is 29.8 Å². The van der Waals surface area contributed by atoms with Crippen LogP contribution in [0.1, 0.15) is 44.3 Å². The Morgan fingerprint density at radius 3 is 2.81 bits per heavy atom. The minimum absolute atomic E-state index is 0.0500. The largest absolute Gasteiger partial charge is 0.386 e. The molecule has 1 heterocycles. The summed E-state index contributed by atoms with van der Waals surface area (Å²) in [6, 6.07) is 6.64. The zero-order valence-electron chi connectivity index (χ0n) is 12.2. The van der Waals surface area contributed by atoms with Crippen LogP contribution < -0.4 is 5.32 Å². The maximum absolute atomic E-state index is 11.9. The normalized spacial score (nSPS) is 21.0. The molecule has 1 saturated heterocycles. The summed E-state index contributed by atoms with van der Waals surface area (Å²) < 4.78 is 5.49. The molecule has 5 heteroatoms. The highest BCUT2D eigenvalue weighted by molar-refractivity contribution is 6.30. The van der Waals surface area contributed by atoms with Crippen molar-refractivity contribution in [1.82, 2.24) is 5.32 Å². The Labute approximate surface area is 130 Å². The van der Waals surface area contributed by atoms with Gasteiger partial charge >= 0.3 is 0 Å². The van der Waals surface area contributed by atoms with Gasteiger partial charge in [0, 0.05) is 18.1 Å². The van der Waals surface area contributed by atoms with Crippen molar-refractivity contribution in [3.63, 3.8) is 0 Å². The van der Waals surface area contributed by atoms with Crippen molar-refractivity contribution in [1.29, 1.82) is 0 Å². The second-order valence-corrected chi connectivity index (χ2v) is 5.96. The standard InChI is InChI=1S/C16H22ClNO3/c1-11(16(20)12-4-6-13(17)7-5-12)18-15(19)9-8-14-3-2-10-21-14/h4-7,11,14,16,20H,2-3,8-10H2,1H3,(H,18,19). The third-order valence-electron chi connectivity index (χ3n) is 3.79. The zero-order chi connectivity index (χ0) is 15.2. The Morgan fingerprint density at radius 2 is 2.19 bits per heavy atom. The lowest BCUT2D eigenvalue weighted by Gasteiger charge is -2.21. The molecule has 0 spiro atoms. The fraction of sp³-hybridized carbons (Fsp3) is 0.562. The number of halogens is 1. The Kier molecular flexibility index (Phi) is 6.03. The lowest BCUT2D eigenvalue weighted by molar-refractivity contribution is -0.123. The third kappa shape index (κ3) is 4.99. The van der Waals surface area contributed by atoms with E-state index in [-0.39, 0.29) is 18.1 Å². The molecular formula is C16H22ClNO3. The van der Waals surface area contributed by atoms with Crippen LogP contribution in [0, 0.1) is 0 Å². The van der Waals surface area contributed by atoms with Crippen molar-refractivity contribution in [2.45, 2.75) is 50.9 Å². The smallest absolute Gasteiger partial charge is 0.220 e. The average Bonchev–Trinajstić information content (AvgIpc) is 2.98. The molecular weight excluding hydrogens is 290 g/mol. The molecule has 4 nitrogen and oxygen atoms in total. The highest BCUT2D eigenvalue weighted by Crippen LogP contribution is 2.20. The first kappa shape index (κ1) is 16.3. The monoisotopic (exact) mass is 311 g/mol. The number of hydrogen-bond acceptors (Lipinski definition) is 3. The lowest BCUT2D eigenvalue weighted by atomic mass is 10.0. The summed E-state index contributed by atoms with van der Waals surface area (Å²) in [7, 11) is 0. The number of aliphatic hydroxyl groups excluding tert-OH is 1. The number of rotatable bonds is 6. The Morgan fingerprint density at radius 1 is 1.48 bits per heavy atom. The van der Waals surface area contributed by atoms with Crippen LogP contribution in [0.2, 0.25) is 5.02 Å². The highest BCUT2D eigenvalue weighted by atomic mass is 35.5. The maximum Gasteiger partial charge on any atom is 0.220 e. The minimum atomic E-state index is -0.742. The van der Waals surface area contributed by atoms with E-state index in [1.54, 1.807) is 31.2 Å². The van der Waals surface area contributed by atoms with Crippen molar-refractivity contribution < 1.29 is 14.6 Å². The van der Waals surface area contributed by atoms with Gasteiger partial charge in [0.1, 0.15) is 0 Å². The van der Waals surface area contributed by atoms with Crippen LogP contribution in [0.5, 0.6) is 0 Å². The number of carbonyl (C=O) groups excluding carboxylic acids is 1. The first-order chi connectivity index (χ1) is 10.1. The number of carbonyl (C=O) groups is 1. The SMILES string of the molecule is CC(NC(=O)CCC1CCCO1)C(O)c1ccc(Cl)cc1. The van der Waals surface area contributed by atoms with E-state index in [0.717, 1.165) is 31.4 Å². The molecule has 0 radical (unpaired) electrons. The third-order valence-corrected chi connectivity index (χ3v) is 4.04. The summed E-state index contributed by atoms with van der Waals surface area (Å²) in [4.78, 5) is 11.9. The molecule has 21 heavy (non-hydrogen) atoms. The summed E-state index contributed by atoms with van der Waals surface area (Å²) in [6.07, 6.45) is 2.77. The van der Waals surface area contributed by atoms with Crippen molar-refractivity contribution in [3.8, 4) is 0 Å². The van der Waals surface area contributed by atoms with Crippen LogP contribution in [0.25, 0.3) is 0 Å².